The lowest BCUT2D eigenvalue weighted by molar-refractivity contribution is -0.196. The Labute approximate surface area is 185 Å². The topological polar surface area (TPSA) is 88.2 Å². The van der Waals surface area contributed by atoms with Crippen LogP contribution in [0, 0.1) is 11.6 Å². The molecule has 7 nitrogen and oxygen atoms in total. The number of benzene rings is 1. The van der Waals surface area contributed by atoms with Crippen LogP contribution in [0.4, 0.5) is 35.1 Å². The molecule has 0 radical (unpaired) electrons. The number of sulfonamides is 1. The molecule has 1 saturated heterocycles. The number of ether oxygens (including phenoxy) is 1. The normalized spacial score (nSPS) is 18.5. The van der Waals surface area contributed by atoms with Gasteiger partial charge in [-0.2, -0.15) is 30.6 Å². The molecule has 3 aromatic rings. The van der Waals surface area contributed by atoms with Crippen LogP contribution < -0.4 is 0 Å². The smallest absolute Gasteiger partial charge is 0.378 e. The van der Waals surface area contributed by atoms with Crippen molar-refractivity contribution in [3.63, 3.8) is 0 Å². The van der Waals surface area contributed by atoms with E-state index in [0.717, 1.165) is 0 Å². The van der Waals surface area contributed by atoms with Crippen LogP contribution in [0.15, 0.2) is 29.6 Å². The summed E-state index contributed by atoms with van der Waals surface area (Å²) in [6.45, 7) is -2.07. The number of rotatable bonds is 3. The minimum absolute atomic E-state index is 0.0601. The Morgan fingerprint density at radius 2 is 1.71 bits per heavy atom. The Bertz CT molecular complexity index is 1340. The van der Waals surface area contributed by atoms with Gasteiger partial charge in [0.05, 0.1) is 36.7 Å². The van der Waals surface area contributed by atoms with Gasteiger partial charge in [-0.15, -0.1) is 0 Å². The average Bonchev–Trinajstić information content (AvgIpc) is 3.20. The Morgan fingerprint density at radius 1 is 1.06 bits per heavy atom. The highest BCUT2D eigenvalue weighted by Crippen LogP contribution is 2.42. The van der Waals surface area contributed by atoms with E-state index < -0.39 is 86.1 Å². The third kappa shape index (κ3) is 4.20. The van der Waals surface area contributed by atoms with Gasteiger partial charge in [0.1, 0.15) is 16.9 Å². The molecule has 0 spiro atoms. The molecule has 0 aliphatic carbocycles. The number of nitrogens with one attached hydrogen (secondary N) is 1. The highest BCUT2D eigenvalue weighted by Gasteiger charge is 2.50. The van der Waals surface area contributed by atoms with Gasteiger partial charge in [0.25, 0.3) is 10.0 Å². The van der Waals surface area contributed by atoms with Gasteiger partial charge in [-0.05, 0) is 12.1 Å². The van der Waals surface area contributed by atoms with Gasteiger partial charge in [0.2, 0.25) is 0 Å². The molecule has 16 heteroatoms. The number of alkyl halides is 6. The van der Waals surface area contributed by atoms with Crippen LogP contribution >= 0.6 is 0 Å². The lowest BCUT2D eigenvalue weighted by Gasteiger charge is -2.35. The third-order valence-corrected chi connectivity index (χ3v) is 6.86. The van der Waals surface area contributed by atoms with Crippen molar-refractivity contribution in [3.8, 4) is 11.4 Å². The average molecular weight is 516 g/mol. The number of halogens is 8. The zero-order chi connectivity index (χ0) is 25.1. The summed E-state index contributed by atoms with van der Waals surface area (Å²) in [7, 11) is -5.00. The van der Waals surface area contributed by atoms with E-state index in [4.69, 9.17) is 4.74 Å². The van der Waals surface area contributed by atoms with Gasteiger partial charge < -0.3 is 9.72 Å². The van der Waals surface area contributed by atoms with Gasteiger partial charge in [0.15, 0.2) is 11.6 Å². The number of hydrogen-bond donors (Lipinski definition) is 1. The Morgan fingerprint density at radius 3 is 2.29 bits per heavy atom. The minimum atomic E-state index is -5.16. The molecule has 1 aromatic carbocycles. The van der Waals surface area contributed by atoms with E-state index in [0.29, 0.717) is 18.5 Å². The molecular weight excluding hydrogens is 504 g/mol. The Hall–Kier alpha value is -2.85. The standard InChI is InChI=1S/C18H12F8N4O3S/c19-8-5-27-16(28-6-8)14-9-3-13(29-15(9)11(20)4-10(14)17(21,22)23)34(31,32)30-1-2-33-7-12(30)18(24,25)26/h3-6,12,29H,1-2,7H2. The molecule has 1 aliphatic rings. The second kappa shape index (κ2) is 8.13. The fourth-order valence-electron chi connectivity index (χ4n) is 3.54. The molecule has 0 saturated carbocycles. The van der Waals surface area contributed by atoms with Gasteiger partial charge in [-0.1, -0.05) is 0 Å². The van der Waals surface area contributed by atoms with Crippen LogP contribution in [0.1, 0.15) is 5.56 Å². The zero-order valence-electron chi connectivity index (χ0n) is 16.5. The number of H-pyrrole nitrogens is 1. The Balaban J connectivity index is 1.96. The lowest BCUT2D eigenvalue weighted by Crippen LogP contribution is -2.55. The van der Waals surface area contributed by atoms with Gasteiger partial charge in [-0.25, -0.2) is 27.2 Å². The predicted molar refractivity (Wildman–Crippen MR) is 98.8 cm³/mol. The lowest BCUT2D eigenvalue weighted by atomic mass is 10.0. The van der Waals surface area contributed by atoms with Crippen LogP contribution in [0.2, 0.25) is 0 Å². The highest BCUT2D eigenvalue weighted by atomic mass is 32.2. The largest absolute Gasteiger partial charge is 0.417 e. The second-order valence-corrected chi connectivity index (χ2v) is 9.03. The highest BCUT2D eigenvalue weighted by molar-refractivity contribution is 7.89. The van der Waals surface area contributed by atoms with Crippen molar-refractivity contribution in [2.75, 3.05) is 19.8 Å². The molecule has 1 fully saturated rings. The summed E-state index contributed by atoms with van der Waals surface area (Å²) in [6, 6.07) is -1.94. The number of hydrogen-bond acceptors (Lipinski definition) is 5. The molecule has 4 rings (SSSR count). The van der Waals surface area contributed by atoms with Crippen LogP contribution in [-0.4, -0.2) is 59.7 Å². The first-order valence-corrected chi connectivity index (χ1v) is 10.7. The van der Waals surface area contributed by atoms with E-state index in [-0.39, 0.29) is 17.0 Å². The van der Waals surface area contributed by atoms with Gasteiger partial charge in [-0.3, -0.25) is 0 Å². The van der Waals surface area contributed by atoms with Crippen LogP contribution in [0.5, 0.6) is 0 Å². The van der Waals surface area contributed by atoms with E-state index >= 15 is 0 Å². The van der Waals surface area contributed by atoms with Crippen molar-refractivity contribution in [3.05, 3.63) is 41.7 Å². The summed E-state index contributed by atoms with van der Waals surface area (Å²) in [4.78, 5) is 8.98. The summed E-state index contributed by atoms with van der Waals surface area (Å²) < 4.78 is 140. The van der Waals surface area contributed by atoms with Gasteiger partial charge in [0, 0.05) is 17.5 Å². The molecule has 184 valence electrons. The van der Waals surface area contributed by atoms with Crippen LogP contribution in [0.3, 0.4) is 0 Å². The molecule has 2 aromatic heterocycles. The number of fused-ring (bicyclic) bond motifs is 1. The van der Waals surface area contributed by atoms with Crippen molar-refractivity contribution in [1.82, 2.24) is 19.3 Å². The molecule has 1 N–H and O–H groups in total. The first kappa shape index (κ1) is 24.3. The maximum absolute atomic E-state index is 14.6. The van der Waals surface area contributed by atoms with E-state index in [1.54, 1.807) is 0 Å². The third-order valence-electron chi connectivity index (χ3n) is 5.03. The molecule has 1 aliphatic heterocycles. The van der Waals surface area contributed by atoms with E-state index in [1.807, 2.05) is 0 Å². The molecule has 0 bridgehead atoms. The fourth-order valence-corrected chi connectivity index (χ4v) is 5.12. The van der Waals surface area contributed by atoms with Crippen molar-refractivity contribution >= 4 is 20.9 Å². The summed E-state index contributed by atoms with van der Waals surface area (Å²) in [5, 5.41) is -1.66. The molecule has 0 amide bonds. The number of aromatic nitrogens is 3. The first-order chi connectivity index (χ1) is 15.7. The fraction of sp³-hybridized carbons (Fsp3) is 0.333. The summed E-state index contributed by atoms with van der Waals surface area (Å²) >= 11 is 0. The van der Waals surface area contributed by atoms with Crippen molar-refractivity contribution in [1.29, 1.82) is 0 Å². The molecule has 3 heterocycles. The number of morpholine rings is 1. The van der Waals surface area contributed by atoms with Crippen molar-refractivity contribution in [2.24, 2.45) is 0 Å². The Kier molecular flexibility index (Phi) is 5.80. The van der Waals surface area contributed by atoms with Gasteiger partial charge >= 0.3 is 12.4 Å². The number of nitrogens with zero attached hydrogens (tertiary/aromatic N) is 3. The quantitative estimate of drug-likeness (QED) is 0.534. The van der Waals surface area contributed by atoms with E-state index in [2.05, 4.69) is 15.0 Å². The molecule has 1 atom stereocenters. The molecule has 34 heavy (non-hydrogen) atoms. The zero-order valence-corrected chi connectivity index (χ0v) is 17.3. The van der Waals surface area contributed by atoms with Crippen LogP contribution in [-0.2, 0) is 20.9 Å². The summed E-state index contributed by atoms with van der Waals surface area (Å²) in [6.07, 6.45) is -9.08. The maximum Gasteiger partial charge on any atom is 0.417 e. The van der Waals surface area contributed by atoms with Crippen molar-refractivity contribution in [2.45, 2.75) is 23.4 Å². The minimum Gasteiger partial charge on any atom is -0.378 e. The first-order valence-electron chi connectivity index (χ1n) is 9.28. The van der Waals surface area contributed by atoms with Crippen LogP contribution in [0.25, 0.3) is 22.3 Å². The number of aromatic amines is 1. The predicted octanol–water partition coefficient (Wildman–Crippen LogP) is 3.87. The molecule has 1 unspecified atom stereocenters. The van der Waals surface area contributed by atoms with Crippen molar-refractivity contribution < 1.29 is 48.3 Å². The molecular formula is C18H12F8N4O3S. The summed E-state index contributed by atoms with van der Waals surface area (Å²) in [5.41, 5.74) is -3.21. The monoisotopic (exact) mass is 516 g/mol. The SMILES string of the molecule is O=S(=O)(c1cc2c(-c3ncc(F)cn3)c(C(F)(F)F)cc(F)c2[nH]1)N1CCOCC1C(F)(F)F. The van der Waals surface area contributed by atoms with E-state index in [1.165, 1.54) is 0 Å². The second-order valence-electron chi connectivity index (χ2n) is 7.17. The summed E-state index contributed by atoms with van der Waals surface area (Å²) in [5.74, 6) is -3.22. The maximum atomic E-state index is 14.6. The van der Waals surface area contributed by atoms with E-state index in [9.17, 15) is 43.5 Å².